The Morgan fingerprint density at radius 3 is 2.17 bits per heavy atom. The van der Waals surface area contributed by atoms with Crippen molar-refractivity contribution in [2.45, 2.75) is 146 Å². The highest BCUT2D eigenvalue weighted by Gasteiger charge is 2.49. The first-order chi connectivity index (χ1) is 30.1. The average molecular weight is 857 g/mol. The molecule has 1 aliphatic carbocycles. The van der Waals surface area contributed by atoms with Crippen molar-refractivity contribution in [2.24, 2.45) is 50.5 Å². The lowest BCUT2D eigenvalue weighted by Crippen LogP contribution is -2.25. The van der Waals surface area contributed by atoms with E-state index in [9.17, 15) is 14.7 Å². The minimum absolute atomic E-state index is 0.0857. The Kier molecular flexibility index (Phi) is 15.5. The summed E-state index contributed by atoms with van der Waals surface area (Å²) in [5.74, 6) is -0.128. The molecule has 0 aromatic heterocycles. The number of hydrogen-bond donors (Lipinski definition) is 2. The van der Waals surface area contributed by atoms with Crippen molar-refractivity contribution in [2.75, 3.05) is 7.11 Å². The number of aliphatic imine (C=N–C) groups is 3. The Labute approximate surface area is 377 Å². The summed E-state index contributed by atoms with van der Waals surface area (Å²) in [6.07, 6.45) is 21.9. The fraction of sp³-hybridized carbons (Fsp3) is 0.537. The Morgan fingerprint density at radius 1 is 0.873 bits per heavy atom. The Bertz CT molecular complexity index is 2280. The van der Waals surface area contributed by atoms with Gasteiger partial charge in [-0.1, -0.05) is 99.1 Å². The van der Waals surface area contributed by atoms with E-state index in [0.717, 1.165) is 105 Å². The van der Waals surface area contributed by atoms with Crippen LogP contribution in [0.15, 0.2) is 131 Å². The first-order valence-electron chi connectivity index (χ1n) is 23.6. The molecule has 9 heteroatoms. The number of fused-ring (bicyclic) bond motifs is 5. The van der Waals surface area contributed by atoms with Crippen LogP contribution < -0.4 is 5.32 Å². The second-order valence-electron chi connectivity index (χ2n) is 19.2. The van der Waals surface area contributed by atoms with Crippen LogP contribution in [0.5, 0.6) is 0 Å². The number of methoxy groups -OCH3 is 1. The second kappa shape index (κ2) is 20.6. The standard InChI is InChI=1S/C54H72N4O5/c1-13-38-34(8)41-26-43-36(10)40(24-25-47(59)63-29-33(7)23-17-22-32(6)21-16-20-31(5)19-15-18-30(3)4)51(57-43)49-50(54(61)62-12)53(60)48-37(11)44(58-52(48)49)28-46-39(14-2)35(9)42(56-46)27-45(38)55-41/h13,26-32,36,40,50,57,60H,1,14-25H2,2-12H3/b33-29+,43-26?,45-27?,46-28?,51-49?/t31?,32?,36-,40-,50?/m0/s1. The maximum Gasteiger partial charge on any atom is 0.321 e. The van der Waals surface area contributed by atoms with Crippen molar-refractivity contribution >= 4 is 29.1 Å². The SMILES string of the molecule is C=CC1=C(C)C2=NC1=CC1=NC(=CC3=C(C)C4=C(O)C(C(=O)OC)C(=C5NC(=C2)[C@@H](C)[C@@H]5CCC(=O)O/C=C(\C)CCCC(C)CCCC(C)CCCC(C)C)C4=N3)C(CC)=C1C. The van der Waals surface area contributed by atoms with Gasteiger partial charge in [-0.2, -0.15) is 0 Å². The summed E-state index contributed by atoms with van der Waals surface area (Å²) in [6, 6.07) is 0. The lowest BCUT2D eigenvalue weighted by Gasteiger charge is -2.20. The second-order valence-corrected chi connectivity index (χ2v) is 19.2. The van der Waals surface area contributed by atoms with Gasteiger partial charge in [-0.15, -0.1) is 0 Å². The monoisotopic (exact) mass is 857 g/mol. The average Bonchev–Trinajstić information content (AvgIpc) is 3.99. The number of carbonyl (C=O) groups excluding carboxylic acids is 2. The zero-order valence-corrected chi connectivity index (χ0v) is 40.0. The summed E-state index contributed by atoms with van der Waals surface area (Å²) in [7, 11) is 1.33. The molecule has 338 valence electrons. The highest BCUT2D eigenvalue weighted by molar-refractivity contribution is 6.24. The minimum atomic E-state index is -1.08. The van der Waals surface area contributed by atoms with E-state index in [4.69, 9.17) is 24.5 Å². The van der Waals surface area contributed by atoms with Crippen molar-refractivity contribution in [3.05, 3.63) is 116 Å². The highest BCUT2D eigenvalue weighted by atomic mass is 16.5. The molecule has 0 aromatic rings. The molecule has 5 aliphatic heterocycles. The fourth-order valence-electron chi connectivity index (χ4n) is 10.0. The Hall–Kier alpha value is -5.05. The molecule has 3 unspecified atom stereocenters. The molecule has 0 amide bonds. The van der Waals surface area contributed by atoms with Crippen molar-refractivity contribution < 1.29 is 24.2 Å². The van der Waals surface area contributed by atoms with E-state index in [1.54, 1.807) is 6.26 Å². The van der Waals surface area contributed by atoms with Gasteiger partial charge in [-0.25, -0.2) is 15.0 Å². The number of rotatable bonds is 19. The van der Waals surface area contributed by atoms with Gasteiger partial charge in [0, 0.05) is 46.4 Å². The molecule has 0 spiro atoms. The van der Waals surface area contributed by atoms with Crippen LogP contribution in [0.4, 0.5) is 0 Å². The number of ether oxygens (including phenoxy) is 2. The molecule has 8 bridgehead atoms. The minimum Gasteiger partial charge on any atom is -0.510 e. The van der Waals surface area contributed by atoms with Crippen LogP contribution in [-0.4, -0.2) is 41.3 Å². The third-order valence-electron chi connectivity index (χ3n) is 14.1. The van der Waals surface area contributed by atoms with Gasteiger partial charge in [-0.3, -0.25) is 9.59 Å². The van der Waals surface area contributed by atoms with Gasteiger partial charge in [0.2, 0.25) is 0 Å². The number of nitrogens with one attached hydrogen (secondary N) is 1. The molecule has 1 saturated heterocycles. The van der Waals surface area contributed by atoms with Crippen LogP contribution in [0.2, 0.25) is 0 Å². The third-order valence-corrected chi connectivity index (χ3v) is 14.1. The van der Waals surface area contributed by atoms with Gasteiger partial charge in [0.05, 0.1) is 47.6 Å². The van der Waals surface area contributed by atoms with Gasteiger partial charge in [-0.05, 0) is 117 Å². The quantitative estimate of drug-likeness (QED) is 0.0985. The van der Waals surface area contributed by atoms with Crippen LogP contribution in [0.1, 0.15) is 146 Å². The molecule has 9 nitrogen and oxygen atoms in total. The Morgan fingerprint density at radius 2 is 1.52 bits per heavy atom. The Balaban J connectivity index is 1.23. The fourth-order valence-corrected chi connectivity index (χ4v) is 10.0. The van der Waals surface area contributed by atoms with Crippen molar-refractivity contribution in [3.63, 3.8) is 0 Å². The summed E-state index contributed by atoms with van der Waals surface area (Å²) in [5.41, 5.74) is 13.1. The highest BCUT2D eigenvalue weighted by Crippen LogP contribution is 2.49. The number of allylic oxidation sites excluding steroid dienone is 12. The zero-order valence-electron chi connectivity index (χ0n) is 40.0. The number of aliphatic hydroxyl groups excluding tert-OH is 1. The van der Waals surface area contributed by atoms with E-state index in [-0.39, 0.29) is 30.0 Å². The number of esters is 2. The lowest BCUT2D eigenvalue weighted by atomic mass is 9.84. The lowest BCUT2D eigenvalue weighted by molar-refractivity contribution is -0.143. The molecule has 0 aromatic carbocycles. The van der Waals surface area contributed by atoms with Crippen molar-refractivity contribution in [1.29, 1.82) is 0 Å². The summed E-state index contributed by atoms with van der Waals surface area (Å²) in [5, 5.41) is 15.6. The van der Waals surface area contributed by atoms with Gasteiger partial charge in [0.1, 0.15) is 11.7 Å². The number of aliphatic hydroxyl groups is 1. The molecule has 0 saturated carbocycles. The molecular formula is C54H72N4O5. The summed E-state index contributed by atoms with van der Waals surface area (Å²) in [6.45, 7) is 25.8. The number of carbonyl (C=O) groups is 2. The molecule has 6 rings (SSSR count). The van der Waals surface area contributed by atoms with E-state index in [0.29, 0.717) is 34.9 Å². The summed E-state index contributed by atoms with van der Waals surface area (Å²) in [4.78, 5) is 42.4. The van der Waals surface area contributed by atoms with Crippen molar-refractivity contribution in [1.82, 2.24) is 5.32 Å². The van der Waals surface area contributed by atoms with Crippen LogP contribution in [0.3, 0.4) is 0 Å². The van der Waals surface area contributed by atoms with Crippen LogP contribution >= 0.6 is 0 Å². The molecule has 1 fully saturated rings. The molecule has 5 heterocycles. The molecule has 2 N–H and O–H groups in total. The molecule has 63 heavy (non-hydrogen) atoms. The maximum atomic E-state index is 13.6. The summed E-state index contributed by atoms with van der Waals surface area (Å²) < 4.78 is 11.1. The predicted octanol–water partition coefficient (Wildman–Crippen LogP) is 12.9. The third kappa shape index (κ3) is 10.3. The molecular weight excluding hydrogens is 785 g/mol. The van der Waals surface area contributed by atoms with Crippen LogP contribution in [0, 0.1) is 35.5 Å². The smallest absolute Gasteiger partial charge is 0.321 e. The predicted molar refractivity (Wildman–Crippen MR) is 257 cm³/mol. The van der Waals surface area contributed by atoms with E-state index in [1.807, 2.05) is 39.0 Å². The summed E-state index contributed by atoms with van der Waals surface area (Å²) >= 11 is 0. The van der Waals surface area contributed by atoms with E-state index in [1.165, 1.54) is 45.6 Å². The maximum absolute atomic E-state index is 13.6. The first kappa shape index (κ1) is 47.4. The van der Waals surface area contributed by atoms with Crippen LogP contribution in [0.25, 0.3) is 0 Å². The van der Waals surface area contributed by atoms with E-state index >= 15 is 0 Å². The van der Waals surface area contributed by atoms with Crippen molar-refractivity contribution in [3.8, 4) is 0 Å². The van der Waals surface area contributed by atoms with Gasteiger partial charge in [0.15, 0.2) is 0 Å². The van der Waals surface area contributed by atoms with Gasteiger partial charge in [0.25, 0.3) is 0 Å². The van der Waals surface area contributed by atoms with Crippen LogP contribution in [-0.2, 0) is 19.1 Å². The van der Waals surface area contributed by atoms with Gasteiger partial charge >= 0.3 is 11.9 Å². The van der Waals surface area contributed by atoms with Gasteiger partial charge < -0.3 is 19.9 Å². The van der Waals surface area contributed by atoms with E-state index < -0.39 is 11.9 Å². The first-order valence-corrected chi connectivity index (χ1v) is 23.6. The number of nitrogens with zero attached hydrogens (tertiary/aromatic N) is 3. The zero-order chi connectivity index (χ0) is 45.7. The largest absolute Gasteiger partial charge is 0.510 e. The molecule has 5 atom stereocenters. The van der Waals surface area contributed by atoms with E-state index in [2.05, 4.69) is 66.4 Å². The molecule has 6 aliphatic rings. The normalized spacial score (nSPS) is 22.9. The number of hydrogen-bond acceptors (Lipinski definition) is 9. The molecule has 0 radical (unpaired) electrons. The topological polar surface area (TPSA) is 122 Å².